The van der Waals surface area contributed by atoms with Gasteiger partial charge in [-0.3, -0.25) is 0 Å². The Morgan fingerprint density at radius 2 is 1.74 bits per heavy atom. The molecule has 0 fully saturated rings. The van der Waals surface area contributed by atoms with Gasteiger partial charge in [0.25, 0.3) is 0 Å². The number of hydrogen-bond donors (Lipinski definition) is 2. The van der Waals surface area contributed by atoms with Crippen molar-refractivity contribution < 1.29 is 9.53 Å². The lowest BCUT2D eigenvalue weighted by atomic mass is 10.2. The maximum Gasteiger partial charge on any atom is 0.361 e. The summed E-state index contributed by atoms with van der Waals surface area (Å²) in [6.07, 6.45) is 0. The molecule has 0 bridgehead atoms. The van der Waals surface area contributed by atoms with Crippen molar-refractivity contribution in [2.45, 2.75) is 20.5 Å². The van der Waals surface area contributed by atoms with Gasteiger partial charge in [-0.1, -0.05) is 36.4 Å². The monoisotopic (exact) mass is 416 g/mol. The molecule has 0 spiro atoms. The van der Waals surface area contributed by atoms with E-state index in [0.717, 1.165) is 16.9 Å². The molecular weight excluding hydrogens is 396 g/mol. The molecule has 4 rings (SSSR count). The molecule has 2 aromatic heterocycles. The lowest BCUT2D eigenvalue weighted by molar-refractivity contribution is 0.0454. The van der Waals surface area contributed by atoms with Gasteiger partial charge in [-0.2, -0.15) is 24.8 Å². The summed E-state index contributed by atoms with van der Waals surface area (Å²) in [6, 6.07) is 17.0. The first-order valence-corrected chi connectivity index (χ1v) is 9.49. The molecule has 0 aliphatic rings. The predicted molar refractivity (Wildman–Crippen MR) is 114 cm³/mol. The van der Waals surface area contributed by atoms with Crippen LogP contribution in [0.3, 0.4) is 0 Å². The lowest BCUT2D eigenvalue weighted by Gasteiger charge is -2.09. The van der Waals surface area contributed by atoms with Crippen molar-refractivity contribution in [2.24, 2.45) is 0 Å². The molecule has 3 N–H and O–H groups in total. The van der Waals surface area contributed by atoms with Crippen LogP contribution in [-0.2, 0) is 11.3 Å². The number of anilines is 3. The average Bonchev–Trinajstić information content (AvgIpc) is 3.16. The van der Waals surface area contributed by atoms with Crippen LogP contribution in [0.25, 0.3) is 5.69 Å². The minimum atomic E-state index is -0.632. The molecule has 156 valence electrons. The quantitative estimate of drug-likeness (QED) is 0.455. The van der Waals surface area contributed by atoms with Crippen molar-refractivity contribution in [1.29, 1.82) is 0 Å². The van der Waals surface area contributed by atoms with Crippen molar-refractivity contribution in [2.75, 3.05) is 11.1 Å². The molecule has 0 saturated heterocycles. The Kier molecular flexibility index (Phi) is 5.52. The van der Waals surface area contributed by atoms with Crippen LogP contribution in [0.4, 0.5) is 17.6 Å². The van der Waals surface area contributed by atoms with E-state index in [4.69, 9.17) is 10.5 Å². The summed E-state index contributed by atoms with van der Waals surface area (Å²) < 4.78 is 5.34. The van der Waals surface area contributed by atoms with Crippen LogP contribution in [0.1, 0.15) is 27.6 Å². The van der Waals surface area contributed by atoms with Gasteiger partial charge in [-0.25, -0.2) is 4.79 Å². The van der Waals surface area contributed by atoms with Gasteiger partial charge in [0.05, 0.1) is 11.4 Å². The molecule has 31 heavy (non-hydrogen) atoms. The van der Waals surface area contributed by atoms with Gasteiger partial charge < -0.3 is 15.8 Å². The number of aromatic nitrogens is 6. The fourth-order valence-electron chi connectivity index (χ4n) is 2.83. The second kappa shape index (κ2) is 8.57. The number of esters is 1. The highest BCUT2D eigenvalue weighted by Gasteiger charge is 2.19. The van der Waals surface area contributed by atoms with E-state index in [1.807, 2.05) is 61.5 Å². The second-order valence-electron chi connectivity index (χ2n) is 6.71. The first-order valence-electron chi connectivity index (χ1n) is 9.49. The van der Waals surface area contributed by atoms with Crippen LogP contribution in [-0.4, -0.2) is 35.9 Å². The number of rotatable bonds is 6. The van der Waals surface area contributed by atoms with E-state index in [0.29, 0.717) is 5.69 Å². The van der Waals surface area contributed by atoms with Gasteiger partial charge >= 0.3 is 5.97 Å². The number of benzene rings is 2. The lowest BCUT2D eigenvalue weighted by Crippen LogP contribution is -2.12. The zero-order valence-electron chi connectivity index (χ0n) is 17.0. The van der Waals surface area contributed by atoms with E-state index in [9.17, 15) is 4.79 Å². The first-order chi connectivity index (χ1) is 15.0. The summed E-state index contributed by atoms with van der Waals surface area (Å²) in [7, 11) is 0. The van der Waals surface area contributed by atoms with Crippen molar-refractivity contribution in [3.63, 3.8) is 0 Å². The molecule has 4 aromatic rings. The van der Waals surface area contributed by atoms with Crippen molar-refractivity contribution in [3.8, 4) is 5.69 Å². The van der Waals surface area contributed by atoms with E-state index in [2.05, 4.69) is 30.5 Å². The Hall–Kier alpha value is -4.34. The van der Waals surface area contributed by atoms with Gasteiger partial charge in [-0.15, -0.1) is 5.10 Å². The topological polar surface area (TPSA) is 134 Å². The molecule has 0 aliphatic heterocycles. The standard InChI is InChI=1S/C21H20N8O2/c1-13-8-6-7-11-16(13)23-21-25-17(24-20(22)26-21)12-31-19(30)18-14(2)27-29(28-18)15-9-4-3-5-10-15/h3-11H,12H2,1-2H3,(H3,22,23,24,25,26). The SMILES string of the molecule is Cc1ccccc1Nc1nc(N)nc(COC(=O)c2nn(-c3ccccc3)nc2C)n1. The van der Waals surface area contributed by atoms with E-state index in [1.54, 1.807) is 6.92 Å². The van der Waals surface area contributed by atoms with E-state index < -0.39 is 5.97 Å². The summed E-state index contributed by atoms with van der Waals surface area (Å²) in [6.45, 7) is 3.46. The van der Waals surface area contributed by atoms with Crippen LogP contribution in [0, 0.1) is 13.8 Å². The fraction of sp³-hybridized carbons (Fsp3) is 0.143. The number of para-hydroxylation sites is 2. The van der Waals surface area contributed by atoms with Crippen molar-refractivity contribution >= 4 is 23.6 Å². The highest BCUT2D eigenvalue weighted by molar-refractivity contribution is 5.88. The number of hydrogen-bond acceptors (Lipinski definition) is 9. The number of carbonyl (C=O) groups is 1. The van der Waals surface area contributed by atoms with Gasteiger partial charge in [0, 0.05) is 5.69 Å². The van der Waals surface area contributed by atoms with Gasteiger partial charge in [0.1, 0.15) is 0 Å². The maximum atomic E-state index is 12.5. The molecular formula is C21H20N8O2. The number of nitrogens with zero attached hydrogens (tertiary/aromatic N) is 6. The Balaban J connectivity index is 1.47. The van der Waals surface area contributed by atoms with Gasteiger partial charge in [0.2, 0.25) is 11.9 Å². The van der Waals surface area contributed by atoms with Crippen LogP contribution in [0.15, 0.2) is 54.6 Å². The van der Waals surface area contributed by atoms with E-state index in [-0.39, 0.29) is 30.0 Å². The highest BCUT2D eigenvalue weighted by atomic mass is 16.5. The number of nitrogens with one attached hydrogen (secondary N) is 1. The molecule has 0 radical (unpaired) electrons. The maximum absolute atomic E-state index is 12.5. The third-order valence-corrected chi connectivity index (χ3v) is 4.39. The molecule has 0 atom stereocenters. The summed E-state index contributed by atoms with van der Waals surface area (Å²) in [4.78, 5) is 26.3. The van der Waals surface area contributed by atoms with Gasteiger partial charge in [0.15, 0.2) is 18.1 Å². The predicted octanol–water partition coefficient (Wildman–Crippen LogP) is 2.75. The average molecular weight is 416 g/mol. The Labute approximate surface area is 178 Å². The number of nitrogen functional groups attached to an aromatic ring is 1. The van der Waals surface area contributed by atoms with Crippen LogP contribution >= 0.6 is 0 Å². The smallest absolute Gasteiger partial charge is 0.361 e. The number of ether oxygens (including phenoxy) is 1. The van der Waals surface area contributed by atoms with Gasteiger partial charge in [-0.05, 0) is 37.6 Å². The Bertz CT molecular complexity index is 1220. The van der Waals surface area contributed by atoms with Crippen molar-refractivity contribution in [1.82, 2.24) is 29.9 Å². The summed E-state index contributed by atoms with van der Waals surface area (Å²) in [5, 5.41) is 11.6. The highest BCUT2D eigenvalue weighted by Crippen LogP contribution is 2.18. The Morgan fingerprint density at radius 3 is 2.52 bits per heavy atom. The molecule has 0 unspecified atom stereocenters. The fourth-order valence-corrected chi connectivity index (χ4v) is 2.83. The first kappa shape index (κ1) is 20.0. The van der Waals surface area contributed by atoms with E-state index in [1.165, 1.54) is 4.80 Å². The third-order valence-electron chi connectivity index (χ3n) is 4.39. The van der Waals surface area contributed by atoms with Crippen molar-refractivity contribution in [3.05, 3.63) is 77.4 Å². The number of carbonyl (C=O) groups excluding carboxylic acids is 1. The minimum absolute atomic E-state index is 0.0170. The molecule has 10 nitrogen and oxygen atoms in total. The number of aryl methyl sites for hydroxylation is 2. The molecule has 2 heterocycles. The summed E-state index contributed by atoms with van der Waals surface area (Å²) in [5.74, 6) is -0.139. The largest absolute Gasteiger partial charge is 0.453 e. The molecule has 10 heteroatoms. The normalized spacial score (nSPS) is 10.6. The van der Waals surface area contributed by atoms with Crippen LogP contribution < -0.4 is 11.1 Å². The molecule has 2 aromatic carbocycles. The zero-order valence-corrected chi connectivity index (χ0v) is 17.0. The van der Waals surface area contributed by atoms with Crippen LogP contribution in [0.2, 0.25) is 0 Å². The second-order valence-corrected chi connectivity index (χ2v) is 6.71. The van der Waals surface area contributed by atoms with E-state index >= 15 is 0 Å². The molecule has 0 aliphatic carbocycles. The zero-order chi connectivity index (χ0) is 21.8. The minimum Gasteiger partial charge on any atom is -0.453 e. The number of nitrogens with two attached hydrogens (primary N) is 1. The Morgan fingerprint density at radius 1 is 1.00 bits per heavy atom. The third kappa shape index (κ3) is 4.64. The molecule has 0 amide bonds. The van der Waals surface area contributed by atoms with Crippen LogP contribution in [0.5, 0.6) is 0 Å². The summed E-state index contributed by atoms with van der Waals surface area (Å²) in [5.41, 5.74) is 8.95. The molecule has 0 saturated carbocycles. The summed E-state index contributed by atoms with van der Waals surface area (Å²) >= 11 is 0.